The van der Waals surface area contributed by atoms with E-state index in [4.69, 9.17) is 0 Å². The van der Waals surface area contributed by atoms with Crippen molar-refractivity contribution >= 4 is 23.2 Å². The number of hydrogen-bond donors (Lipinski definition) is 1. The van der Waals surface area contributed by atoms with E-state index in [0.717, 1.165) is 23.1 Å². The fraction of sp³-hybridized carbons (Fsp3) is 0.0870. The first-order valence-electron chi connectivity index (χ1n) is 8.97. The Morgan fingerprint density at radius 2 is 1.50 bits per heavy atom. The molecular weight excluding hydrogens is 352 g/mol. The molecule has 0 atom stereocenters. The van der Waals surface area contributed by atoms with Crippen LogP contribution < -0.4 is 5.32 Å². The molecule has 5 nitrogen and oxygen atoms in total. The minimum Gasteiger partial charge on any atom is -0.352 e. The fourth-order valence-electron chi connectivity index (χ4n) is 2.82. The van der Waals surface area contributed by atoms with E-state index in [2.05, 4.69) is 5.32 Å². The standard InChI is InChI=1S/C23H20N2O3/c26-23(24-16-15-18-7-3-1-4-8-18)22(20-9-5-2-6-10-20)17-19-11-13-21(14-12-19)25(27)28/h1-14,17H,15-16H2,(H,24,26)/b22-17+. The van der Waals surface area contributed by atoms with Crippen molar-refractivity contribution in [2.75, 3.05) is 6.54 Å². The molecule has 0 saturated carbocycles. The molecule has 0 radical (unpaired) electrons. The number of nitrogens with one attached hydrogen (secondary N) is 1. The van der Waals surface area contributed by atoms with Crippen LogP contribution in [0.3, 0.4) is 0 Å². The Morgan fingerprint density at radius 3 is 2.11 bits per heavy atom. The largest absolute Gasteiger partial charge is 0.352 e. The zero-order valence-corrected chi connectivity index (χ0v) is 15.2. The first-order chi connectivity index (χ1) is 13.6. The SMILES string of the molecule is O=C(NCCc1ccccc1)/C(=C/c1ccc([N+](=O)[O-])cc1)c1ccccc1. The van der Waals surface area contributed by atoms with E-state index >= 15 is 0 Å². The molecule has 0 bridgehead atoms. The number of carbonyl (C=O) groups excluding carboxylic acids is 1. The Kier molecular flexibility index (Phi) is 6.31. The van der Waals surface area contributed by atoms with Crippen LogP contribution in [0.5, 0.6) is 0 Å². The third kappa shape index (κ3) is 5.14. The maximum absolute atomic E-state index is 12.8. The maximum Gasteiger partial charge on any atom is 0.269 e. The molecule has 1 N–H and O–H groups in total. The summed E-state index contributed by atoms with van der Waals surface area (Å²) in [5.41, 5.74) is 3.21. The molecule has 3 aromatic carbocycles. The number of nitrogens with zero attached hydrogens (tertiary/aromatic N) is 1. The molecule has 0 spiro atoms. The van der Waals surface area contributed by atoms with Gasteiger partial charge in [-0.05, 0) is 41.3 Å². The Bertz CT molecular complexity index is 966. The highest BCUT2D eigenvalue weighted by molar-refractivity contribution is 6.24. The molecule has 5 heteroatoms. The second-order valence-electron chi connectivity index (χ2n) is 6.26. The van der Waals surface area contributed by atoms with Crippen molar-refractivity contribution < 1.29 is 9.72 Å². The van der Waals surface area contributed by atoms with Gasteiger partial charge in [-0.25, -0.2) is 0 Å². The Morgan fingerprint density at radius 1 is 0.893 bits per heavy atom. The summed E-state index contributed by atoms with van der Waals surface area (Å²) in [5.74, 6) is -0.180. The van der Waals surface area contributed by atoms with Crippen LogP contribution in [-0.2, 0) is 11.2 Å². The van der Waals surface area contributed by atoms with Crippen molar-refractivity contribution in [2.45, 2.75) is 6.42 Å². The average Bonchev–Trinajstić information content (AvgIpc) is 2.73. The number of nitro benzene ring substituents is 1. The van der Waals surface area contributed by atoms with Gasteiger partial charge in [-0.15, -0.1) is 0 Å². The predicted molar refractivity (Wildman–Crippen MR) is 111 cm³/mol. The van der Waals surface area contributed by atoms with Crippen LogP contribution >= 0.6 is 0 Å². The number of nitro groups is 1. The summed E-state index contributed by atoms with van der Waals surface area (Å²) in [4.78, 5) is 23.2. The Balaban J connectivity index is 1.78. The van der Waals surface area contributed by atoms with Crippen LogP contribution in [0.25, 0.3) is 11.6 Å². The van der Waals surface area contributed by atoms with E-state index in [1.54, 1.807) is 18.2 Å². The molecule has 3 aromatic rings. The zero-order valence-electron chi connectivity index (χ0n) is 15.2. The predicted octanol–water partition coefficient (Wildman–Crippen LogP) is 4.49. The number of amides is 1. The summed E-state index contributed by atoms with van der Waals surface area (Å²) < 4.78 is 0. The van der Waals surface area contributed by atoms with Gasteiger partial charge >= 0.3 is 0 Å². The summed E-state index contributed by atoms with van der Waals surface area (Å²) in [6.45, 7) is 0.521. The van der Waals surface area contributed by atoms with Crippen molar-refractivity contribution in [2.24, 2.45) is 0 Å². The lowest BCUT2D eigenvalue weighted by Crippen LogP contribution is -2.26. The van der Waals surface area contributed by atoms with Gasteiger partial charge in [0.15, 0.2) is 0 Å². The Hall–Kier alpha value is -3.73. The lowest BCUT2D eigenvalue weighted by atomic mass is 10.0. The second-order valence-corrected chi connectivity index (χ2v) is 6.26. The van der Waals surface area contributed by atoms with Crippen molar-refractivity contribution in [1.29, 1.82) is 0 Å². The molecule has 0 fully saturated rings. The molecule has 0 aliphatic carbocycles. The van der Waals surface area contributed by atoms with Gasteiger partial charge in [0.25, 0.3) is 11.6 Å². The molecule has 140 valence electrons. The summed E-state index contributed by atoms with van der Waals surface area (Å²) in [7, 11) is 0. The van der Waals surface area contributed by atoms with Crippen LogP contribution in [0, 0.1) is 10.1 Å². The first-order valence-corrected chi connectivity index (χ1v) is 8.97. The van der Waals surface area contributed by atoms with E-state index < -0.39 is 4.92 Å². The molecule has 0 saturated heterocycles. The third-order valence-corrected chi connectivity index (χ3v) is 4.29. The molecule has 0 aromatic heterocycles. The smallest absolute Gasteiger partial charge is 0.269 e. The van der Waals surface area contributed by atoms with Crippen LogP contribution in [0.2, 0.25) is 0 Å². The molecule has 1 amide bonds. The summed E-state index contributed by atoms with van der Waals surface area (Å²) >= 11 is 0. The van der Waals surface area contributed by atoms with Crippen LogP contribution in [-0.4, -0.2) is 17.4 Å². The topological polar surface area (TPSA) is 72.2 Å². The van der Waals surface area contributed by atoms with Gasteiger partial charge in [0, 0.05) is 24.3 Å². The zero-order chi connectivity index (χ0) is 19.8. The lowest BCUT2D eigenvalue weighted by Gasteiger charge is -2.10. The summed E-state index contributed by atoms with van der Waals surface area (Å²) in [5, 5.41) is 13.8. The van der Waals surface area contributed by atoms with E-state index in [9.17, 15) is 14.9 Å². The van der Waals surface area contributed by atoms with E-state index in [0.29, 0.717) is 12.1 Å². The van der Waals surface area contributed by atoms with Gasteiger partial charge in [-0.2, -0.15) is 0 Å². The second kappa shape index (κ2) is 9.28. The van der Waals surface area contributed by atoms with Gasteiger partial charge < -0.3 is 5.32 Å². The monoisotopic (exact) mass is 372 g/mol. The molecule has 0 aliphatic heterocycles. The molecule has 28 heavy (non-hydrogen) atoms. The molecular formula is C23H20N2O3. The van der Waals surface area contributed by atoms with Gasteiger partial charge in [-0.1, -0.05) is 60.7 Å². The highest BCUT2D eigenvalue weighted by Gasteiger charge is 2.12. The number of rotatable bonds is 7. The fourth-order valence-corrected chi connectivity index (χ4v) is 2.82. The van der Waals surface area contributed by atoms with Crippen molar-refractivity contribution in [3.63, 3.8) is 0 Å². The molecule has 3 rings (SSSR count). The molecule has 0 unspecified atom stereocenters. The minimum atomic E-state index is -0.443. The highest BCUT2D eigenvalue weighted by atomic mass is 16.6. The van der Waals surface area contributed by atoms with Crippen LogP contribution in [0.1, 0.15) is 16.7 Å². The van der Waals surface area contributed by atoms with E-state index in [1.165, 1.54) is 12.1 Å². The normalized spacial score (nSPS) is 11.1. The van der Waals surface area contributed by atoms with Crippen molar-refractivity contribution in [3.8, 4) is 0 Å². The molecule has 0 heterocycles. The third-order valence-electron chi connectivity index (χ3n) is 4.29. The number of carbonyl (C=O) groups is 1. The van der Waals surface area contributed by atoms with Gasteiger partial charge in [0.2, 0.25) is 0 Å². The first kappa shape index (κ1) is 19.0. The minimum absolute atomic E-state index is 0.0192. The number of benzene rings is 3. The van der Waals surface area contributed by atoms with E-state index in [-0.39, 0.29) is 11.6 Å². The van der Waals surface area contributed by atoms with E-state index in [1.807, 2.05) is 60.7 Å². The van der Waals surface area contributed by atoms with Crippen LogP contribution in [0.15, 0.2) is 84.9 Å². The van der Waals surface area contributed by atoms with Gasteiger partial charge in [0.1, 0.15) is 0 Å². The Labute approximate surface area is 163 Å². The number of non-ortho nitro benzene ring substituents is 1. The maximum atomic E-state index is 12.8. The summed E-state index contributed by atoms with van der Waals surface area (Å²) in [6.07, 6.45) is 2.49. The van der Waals surface area contributed by atoms with Gasteiger partial charge in [-0.3, -0.25) is 14.9 Å². The average molecular weight is 372 g/mol. The summed E-state index contributed by atoms with van der Waals surface area (Å²) in [6, 6.07) is 25.5. The van der Waals surface area contributed by atoms with Crippen LogP contribution in [0.4, 0.5) is 5.69 Å². The van der Waals surface area contributed by atoms with Crippen molar-refractivity contribution in [1.82, 2.24) is 5.32 Å². The van der Waals surface area contributed by atoms with Gasteiger partial charge in [0.05, 0.1) is 4.92 Å². The quantitative estimate of drug-likeness (QED) is 0.287. The lowest BCUT2D eigenvalue weighted by molar-refractivity contribution is -0.384. The number of hydrogen-bond acceptors (Lipinski definition) is 3. The molecule has 0 aliphatic rings. The van der Waals surface area contributed by atoms with Crippen molar-refractivity contribution in [3.05, 3.63) is 112 Å². The highest BCUT2D eigenvalue weighted by Crippen LogP contribution is 2.20.